The second-order valence-corrected chi connectivity index (χ2v) is 5.91. The molecular weight excluding hydrogens is 316 g/mol. The third-order valence-electron chi connectivity index (χ3n) is 3.24. The van der Waals surface area contributed by atoms with Gasteiger partial charge in [-0.15, -0.1) is 18.3 Å². The maximum Gasteiger partial charge on any atom is 0.326 e. The van der Waals surface area contributed by atoms with Crippen LogP contribution in [0.3, 0.4) is 0 Å². The molecule has 0 amide bonds. The van der Waals surface area contributed by atoms with Crippen molar-refractivity contribution in [3.63, 3.8) is 0 Å². The molecule has 0 saturated carbocycles. The normalized spacial score (nSPS) is 12.8. The lowest BCUT2D eigenvalue weighted by molar-refractivity contribution is -0.143. The summed E-state index contributed by atoms with van der Waals surface area (Å²) in [5, 5.41) is 0. The minimum atomic E-state index is -1.05. The molecule has 0 fully saturated rings. The third kappa shape index (κ3) is 4.76. The number of carbonyl (C=O) groups excluding carboxylic acids is 2. The molecule has 1 rings (SSSR count). The van der Waals surface area contributed by atoms with Gasteiger partial charge in [-0.2, -0.15) is 0 Å². The zero-order valence-corrected chi connectivity index (χ0v) is 14.5. The average Bonchev–Trinajstić information content (AvgIpc) is 2.58. The third-order valence-corrected chi connectivity index (χ3v) is 4.69. The molecule has 1 aromatic rings. The van der Waals surface area contributed by atoms with Crippen molar-refractivity contribution in [3.8, 4) is 5.75 Å². The van der Waals surface area contributed by atoms with Crippen LogP contribution in [0.25, 0.3) is 0 Å². The molecule has 6 heteroatoms. The van der Waals surface area contributed by atoms with Crippen molar-refractivity contribution in [3.05, 3.63) is 42.5 Å². The van der Waals surface area contributed by atoms with Gasteiger partial charge in [-0.1, -0.05) is 18.2 Å². The number of benzene rings is 1. The van der Waals surface area contributed by atoms with Crippen LogP contribution in [-0.2, 0) is 23.8 Å². The molecule has 1 aromatic carbocycles. The first-order valence-corrected chi connectivity index (χ1v) is 8.16. The van der Waals surface area contributed by atoms with E-state index in [1.165, 1.54) is 18.9 Å². The Morgan fingerprint density at radius 2 is 1.91 bits per heavy atom. The number of ether oxygens (including phenoxy) is 3. The summed E-state index contributed by atoms with van der Waals surface area (Å²) in [4.78, 5) is 24.2. The monoisotopic (exact) mass is 338 g/mol. The van der Waals surface area contributed by atoms with Gasteiger partial charge >= 0.3 is 11.9 Å². The lowest BCUT2D eigenvalue weighted by Crippen LogP contribution is -2.34. The molecule has 0 N–H and O–H groups in total. The minimum absolute atomic E-state index is 0.0445. The van der Waals surface area contributed by atoms with Crippen LogP contribution < -0.4 is 4.74 Å². The van der Waals surface area contributed by atoms with Crippen LogP contribution in [0.1, 0.15) is 18.9 Å². The summed E-state index contributed by atoms with van der Waals surface area (Å²) in [6, 6.07) is 7.11. The molecule has 0 radical (unpaired) electrons. The van der Waals surface area contributed by atoms with Gasteiger partial charge in [0.2, 0.25) is 0 Å². The van der Waals surface area contributed by atoms with Crippen LogP contribution >= 0.6 is 11.8 Å². The van der Waals surface area contributed by atoms with Gasteiger partial charge in [0, 0.05) is 0 Å². The molecule has 0 aliphatic rings. The molecule has 23 heavy (non-hydrogen) atoms. The van der Waals surface area contributed by atoms with E-state index in [9.17, 15) is 9.59 Å². The van der Waals surface area contributed by atoms with Gasteiger partial charge in [0.05, 0.1) is 26.6 Å². The molecule has 0 saturated heterocycles. The number of allylic oxidation sites excluding steroid dienone is 1. The zero-order valence-electron chi connectivity index (χ0n) is 13.7. The summed E-state index contributed by atoms with van der Waals surface area (Å²) in [5.41, 5.74) is 0.722. The topological polar surface area (TPSA) is 61.8 Å². The lowest BCUT2D eigenvalue weighted by atomic mass is 9.94. The second-order valence-electron chi connectivity index (χ2n) is 4.63. The maximum absolute atomic E-state index is 12.5. The Kier molecular flexibility index (Phi) is 7.68. The van der Waals surface area contributed by atoms with Crippen LogP contribution in [0.5, 0.6) is 5.75 Å². The number of hydrogen-bond acceptors (Lipinski definition) is 6. The van der Waals surface area contributed by atoms with Gasteiger partial charge in [0.25, 0.3) is 0 Å². The maximum atomic E-state index is 12.5. The second kappa shape index (κ2) is 9.25. The molecule has 0 bridgehead atoms. The molecular formula is C17H22O5S. The summed E-state index contributed by atoms with van der Waals surface area (Å²) in [6.45, 7) is 5.76. The van der Waals surface area contributed by atoms with Crippen LogP contribution in [0.4, 0.5) is 0 Å². The molecule has 5 nitrogen and oxygen atoms in total. The lowest BCUT2D eigenvalue weighted by Gasteiger charge is -2.29. The first-order chi connectivity index (χ1) is 11.0. The molecule has 1 atom stereocenters. The number of methoxy groups -OCH3 is 2. The van der Waals surface area contributed by atoms with Crippen molar-refractivity contribution in [1.29, 1.82) is 0 Å². The highest BCUT2D eigenvalue weighted by Crippen LogP contribution is 2.42. The highest BCUT2D eigenvalue weighted by atomic mass is 32.2. The summed E-state index contributed by atoms with van der Waals surface area (Å²) in [6.07, 6.45) is 1.97. The van der Waals surface area contributed by atoms with E-state index in [0.29, 0.717) is 18.8 Å². The fourth-order valence-corrected chi connectivity index (χ4v) is 3.32. The number of esters is 2. The highest BCUT2D eigenvalue weighted by Gasteiger charge is 2.41. The largest absolute Gasteiger partial charge is 0.497 e. The van der Waals surface area contributed by atoms with Crippen molar-refractivity contribution in [2.24, 2.45) is 0 Å². The van der Waals surface area contributed by atoms with Crippen molar-refractivity contribution >= 4 is 23.7 Å². The van der Waals surface area contributed by atoms with Crippen molar-refractivity contribution < 1.29 is 23.8 Å². The van der Waals surface area contributed by atoms with E-state index in [4.69, 9.17) is 14.2 Å². The quantitative estimate of drug-likeness (QED) is 0.510. The molecule has 0 aliphatic heterocycles. The number of thioether (sulfide) groups is 1. The first kappa shape index (κ1) is 19.1. The molecule has 1 unspecified atom stereocenters. The minimum Gasteiger partial charge on any atom is -0.497 e. The van der Waals surface area contributed by atoms with Gasteiger partial charge in [0.15, 0.2) is 0 Å². The van der Waals surface area contributed by atoms with Crippen molar-refractivity contribution in [2.45, 2.75) is 18.1 Å². The zero-order chi connectivity index (χ0) is 17.3. The van der Waals surface area contributed by atoms with E-state index in [1.807, 2.05) is 0 Å². The Bertz CT molecular complexity index is 540. The molecule has 0 aromatic heterocycles. The van der Waals surface area contributed by atoms with Crippen LogP contribution in [-0.4, -0.2) is 38.5 Å². The van der Waals surface area contributed by atoms with E-state index >= 15 is 0 Å². The summed E-state index contributed by atoms with van der Waals surface area (Å²) in [5.74, 6) is -0.0789. The summed E-state index contributed by atoms with van der Waals surface area (Å²) >= 11 is 1.18. The van der Waals surface area contributed by atoms with E-state index in [1.54, 1.807) is 44.4 Å². The smallest absolute Gasteiger partial charge is 0.326 e. The van der Waals surface area contributed by atoms with Gasteiger partial charge in [-0.25, -0.2) is 0 Å². The Labute approximate surface area is 141 Å². The Hall–Kier alpha value is -1.95. The fourth-order valence-electron chi connectivity index (χ4n) is 2.13. The van der Waals surface area contributed by atoms with Crippen LogP contribution in [0.15, 0.2) is 36.9 Å². The fraction of sp³-hybridized carbons (Fsp3) is 0.412. The van der Waals surface area contributed by atoms with Crippen molar-refractivity contribution in [2.75, 3.05) is 26.6 Å². The predicted molar refractivity (Wildman–Crippen MR) is 90.6 cm³/mol. The Morgan fingerprint density at radius 1 is 1.26 bits per heavy atom. The number of hydrogen-bond donors (Lipinski definition) is 0. The molecule has 126 valence electrons. The SMILES string of the molecule is C=CCC(SCC(=O)OCC)(C(=O)OC)c1ccc(OC)cc1. The van der Waals surface area contributed by atoms with Crippen LogP contribution in [0, 0.1) is 0 Å². The summed E-state index contributed by atoms with van der Waals surface area (Å²) in [7, 11) is 2.90. The Balaban J connectivity index is 3.17. The van der Waals surface area contributed by atoms with Gasteiger partial charge in [0.1, 0.15) is 10.5 Å². The van der Waals surface area contributed by atoms with Crippen LogP contribution in [0.2, 0.25) is 0 Å². The van der Waals surface area contributed by atoms with E-state index in [0.717, 1.165) is 5.56 Å². The van der Waals surface area contributed by atoms with Gasteiger partial charge in [-0.3, -0.25) is 9.59 Å². The predicted octanol–water partition coefficient (Wildman–Crippen LogP) is 2.94. The highest BCUT2D eigenvalue weighted by molar-refractivity contribution is 8.01. The molecule has 0 heterocycles. The molecule has 0 spiro atoms. The van der Waals surface area contributed by atoms with Gasteiger partial charge in [-0.05, 0) is 31.0 Å². The van der Waals surface area contributed by atoms with E-state index < -0.39 is 10.7 Å². The van der Waals surface area contributed by atoms with Gasteiger partial charge < -0.3 is 14.2 Å². The average molecular weight is 338 g/mol. The standard InChI is InChI=1S/C17H22O5S/c1-5-11-17(16(19)21-4,23-12-15(18)22-6-2)13-7-9-14(20-3)10-8-13/h5,7-10H,1,6,11-12H2,2-4H3. The van der Waals surface area contributed by atoms with E-state index in [2.05, 4.69) is 6.58 Å². The van der Waals surface area contributed by atoms with E-state index in [-0.39, 0.29) is 11.7 Å². The first-order valence-electron chi connectivity index (χ1n) is 7.17. The number of rotatable bonds is 9. The molecule has 0 aliphatic carbocycles. The summed E-state index contributed by atoms with van der Waals surface area (Å²) < 4.78 is 14.0. The number of carbonyl (C=O) groups is 2. The van der Waals surface area contributed by atoms with Crippen molar-refractivity contribution in [1.82, 2.24) is 0 Å². The Morgan fingerprint density at radius 3 is 2.39 bits per heavy atom.